The van der Waals surface area contributed by atoms with Crippen molar-refractivity contribution in [3.8, 4) is 5.75 Å². The quantitative estimate of drug-likeness (QED) is 0.204. The highest BCUT2D eigenvalue weighted by atomic mass is 32.1. The lowest BCUT2D eigenvalue weighted by Gasteiger charge is -2.29. The average molecular weight is 698 g/mol. The lowest BCUT2D eigenvalue weighted by Crippen LogP contribution is -2.50. The van der Waals surface area contributed by atoms with Gasteiger partial charge in [-0.1, -0.05) is 50.2 Å². The number of rotatable bonds is 5. The molecule has 260 valence electrons. The van der Waals surface area contributed by atoms with Gasteiger partial charge in [-0.3, -0.25) is 19.2 Å². The zero-order valence-electron chi connectivity index (χ0n) is 28.4. The number of amides is 4. The maximum atomic E-state index is 14.3. The normalized spacial score (nSPS) is 19.0. The molecule has 0 spiro atoms. The van der Waals surface area contributed by atoms with Crippen molar-refractivity contribution in [1.82, 2.24) is 35.8 Å². The smallest absolute Gasteiger partial charge is 0.274 e. The molecule has 4 bridgehead atoms. The minimum absolute atomic E-state index is 0.00253. The van der Waals surface area contributed by atoms with Crippen LogP contribution < -0.4 is 20.7 Å². The molecule has 2 aromatic carbocycles. The third kappa shape index (κ3) is 7.39. The standard InChI is InChI=1S/C36H39N7O6S/c1-19(2)30-34-42-31(21(4)49-34)33(46)37-20(3)35-40-27(18-50-35)32(45)38-23(14-22-10-7-6-8-11-22)16-43(17-29(44)41-30)36(47)26-15-24-25(39-26)12-9-13-28(24)48-5/h6-13,15,18-20,23,30,39H,14,16-17H2,1-5H3,(H,37,46)(H,38,45)(H,41,44)/t20-,23-,30+/m1/s1. The van der Waals surface area contributed by atoms with E-state index in [1.807, 2.05) is 56.3 Å². The van der Waals surface area contributed by atoms with E-state index in [9.17, 15) is 19.2 Å². The van der Waals surface area contributed by atoms with Crippen molar-refractivity contribution in [3.63, 3.8) is 0 Å². The van der Waals surface area contributed by atoms with E-state index in [1.165, 1.54) is 16.2 Å². The van der Waals surface area contributed by atoms with Crippen LogP contribution in [0, 0.1) is 12.8 Å². The van der Waals surface area contributed by atoms with E-state index in [0.29, 0.717) is 28.1 Å². The molecule has 1 aliphatic rings. The molecule has 4 N–H and O–H groups in total. The molecule has 4 heterocycles. The van der Waals surface area contributed by atoms with Gasteiger partial charge in [-0.25, -0.2) is 9.97 Å². The summed E-state index contributed by atoms with van der Waals surface area (Å²) < 4.78 is 11.4. The van der Waals surface area contributed by atoms with E-state index >= 15 is 0 Å². The highest BCUT2D eigenvalue weighted by Gasteiger charge is 2.31. The molecule has 13 nitrogen and oxygen atoms in total. The van der Waals surface area contributed by atoms with Crippen LogP contribution in [0.1, 0.15) is 86.5 Å². The van der Waals surface area contributed by atoms with Gasteiger partial charge in [0, 0.05) is 22.8 Å². The van der Waals surface area contributed by atoms with Crippen LogP contribution in [0.5, 0.6) is 5.75 Å². The van der Waals surface area contributed by atoms with Gasteiger partial charge in [-0.15, -0.1) is 11.3 Å². The molecular formula is C36H39N7O6S. The fourth-order valence-corrected chi connectivity index (χ4v) is 6.79. The number of hydrogen-bond acceptors (Lipinski definition) is 9. The summed E-state index contributed by atoms with van der Waals surface area (Å²) in [5.74, 6) is -0.967. The van der Waals surface area contributed by atoms with Gasteiger partial charge in [0.15, 0.2) is 5.69 Å². The van der Waals surface area contributed by atoms with Gasteiger partial charge in [-0.05, 0) is 49.9 Å². The predicted octanol–water partition coefficient (Wildman–Crippen LogP) is 4.73. The Kier molecular flexibility index (Phi) is 10.00. The summed E-state index contributed by atoms with van der Waals surface area (Å²) in [4.78, 5) is 68.7. The molecule has 6 rings (SSSR count). The maximum absolute atomic E-state index is 14.3. The SMILES string of the molecule is COc1cccc2[nH]c(C(=O)N3CC(=O)N[C@@H](C(C)C)c4nc(c(C)o4)C(=O)N[C@H](C)c4nc(cs4)C(=O)N[C@H](Cc4ccccc4)C3)cc12. The predicted molar refractivity (Wildman–Crippen MR) is 187 cm³/mol. The number of aromatic amines is 1. The molecule has 14 heteroatoms. The molecule has 5 aromatic rings. The van der Waals surface area contributed by atoms with Gasteiger partial charge >= 0.3 is 0 Å². The van der Waals surface area contributed by atoms with Gasteiger partial charge in [0.2, 0.25) is 11.8 Å². The zero-order chi connectivity index (χ0) is 35.5. The lowest BCUT2D eigenvalue weighted by molar-refractivity contribution is -0.123. The van der Waals surface area contributed by atoms with Gasteiger partial charge in [-0.2, -0.15) is 0 Å². The Bertz CT molecular complexity index is 2030. The number of oxazole rings is 1. The number of benzene rings is 2. The third-order valence-corrected chi connectivity index (χ3v) is 9.57. The molecule has 50 heavy (non-hydrogen) atoms. The van der Waals surface area contributed by atoms with Crippen LogP contribution in [0.3, 0.4) is 0 Å². The first kappa shape index (κ1) is 34.4. The van der Waals surface area contributed by atoms with Crippen molar-refractivity contribution in [2.45, 2.75) is 52.2 Å². The van der Waals surface area contributed by atoms with Gasteiger partial charge < -0.3 is 35.0 Å². The molecular weight excluding hydrogens is 659 g/mol. The van der Waals surface area contributed by atoms with Gasteiger partial charge in [0.05, 0.1) is 25.7 Å². The van der Waals surface area contributed by atoms with Crippen LogP contribution in [-0.2, 0) is 11.2 Å². The fraction of sp³-hybridized carbons (Fsp3) is 0.333. The van der Waals surface area contributed by atoms with Crippen molar-refractivity contribution in [3.05, 3.63) is 99.3 Å². The Hall–Kier alpha value is -5.50. The zero-order valence-corrected chi connectivity index (χ0v) is 29.2. The number of thiazole rings is 1. The highest BCUT2D eigenvalue weighted by Crippen LogP contribution is 2.28. The third-order valence-electron chi connectivity index (χ3n) is 8.55. The molecule has 0 unspecified atom stereocenters. The summed E-state index contributed by atoms with van der Waals surface area (Å²) in [6, 6.07) is 14.9. The summed E-state index contributed by atoms with van der Waals surface area (Å²) >= 11 is 1.24. The van der Waals surface area contributed by atoms with Crippen LogP contribution in [0.2, 0.25) is 0 Å². The molecule has 0 aliphatic carbocycles. The Morgan fingerprint density at radius 2 is 1.82 bits per heavy atom. The Labute approximate surface area is 292 Å². The number of aromatic nitrogens is 3. The first-order valence-corrected chi connectivity index (χ1v) is 17.2. The number of nitrogens with one attached hydrogen (secondary N) is 4. The number of nitrogens with zero attached hydrogens (tertiary/aromatic N) is 3. The van der Waals surface area contributed by atoms with E-state index in [1.54, 1.807) is 38.5 Å². The number of carbonyl (C=O) groups is 4. The van der Waals surface area contributed by atoms with Crippen LogP contribution in [-0.4, -0.2) is 69.7 Å². The van der Waals surface area contributed by atoms with Crippen LogP contribution in [0.25, 0.3) is 10.9 Å². The van der Waals surface area contributed by atoms with E-state index in [4.69, 9.17) is 9.15 Å². The molecule has 0 radical (unpaired) electrons. The molecule has 3 aromatic heterocycles. The van der Waals surface area contributed by atoms with Crippen molar-refractivity contribution in [2.75, 3.05) is 20.2 Å². The first-order valence-electron chi connectivity index (χ1n) is 16.3. The number of ether oxygens (including phenoxy) is 1. The minimum atomic E-state index is -0.699. The largest absolute Gasteiger partial charge is 0.496 e. The van der Waals surface area contributed by atoms with Crippen molar-refractivity contribution in [1.29, 1.82) is 0 Å². The summed E-state index contributed by atoms with van der Waals surface area (Å²) in [7, 11) is 1.56. The summed E-state index contributed by atoms with van der Waals surface area (Å²) in [5, 5.41) is 11.8. The van der Waals surface area contributed by atoms with E-state index in [0.717, 1.165) is 5.56 Å². The lowest BCUT2D eigenvalue weighted by atomic mass is 10.0. The summed E-state index contributed by atoms with van der Waals surface area (Å²) in [5.41, 5.74) is 2.12. The number of H-pyrrole nitrogens is 1. The molecule has 4 amide bonds. The summed E-state index contributed by atoms with van der Waals surface area (Å²) in [6.07, 6.45) is 0.370. The van der Waals surface area contributed by atoms with Gasteiger partial charge in [0.1, 0.15) is 33.9 Å². The van der Waals surface area contributed by atoms with E-state index in [-0.39, 0.29) is 47.7 Å². The number of aryl methyl sites for hydroxylation is 1. The number of hydrogen-bond donors (Lipinski definition) is 4. The molecule has 3 atom stereocenters. The average Bonchev–Trinajstić information content (AvgIpc) is 3.85. The second-order valence-electron chi connectivity index (χ2n) is 12.7. The maximum Gasteiger partial charge on any atom is 0.274 e. The Morgan fingerprint density at radius 3 is 2.56 bits per heavy atom. The highest BCUT2D eigenvalue weighted by molar-refractivity contribution is 7.09. The number of fused-ring (bicyclic) bond motifs is 5. The van der Waals surface area contributed by atoms with Crippen LogP contribution in [0.15, 0.2) is 64.4 Å². The Morgan fingerprint density at radius 1 is 1.04 bits per heavy atom. The number of methoxy groups -OCH3 is 1. The number of carbonyl (C=O) groups excluding carboxylic acids is 4. The molecule has 0 fully saturated rings. The molecule has 0 saturated carbocycles. The van der Waals surface area contributed by atoms with Gasteiger partial charge in [0.25, 0.3) is 17.7 Å². The second kappa shape index (κ2) is 14.5. The van der Waals surface area contributed by atoms with Crippen LogP contribution in [0.4, 0.5) is 0 Å². The molecule has 0 saturated heterocycles. The van der Waals surface area contributed by atoms with Crippen molar-refractivity contribution in [2.24, 2.45) is 5.92 Å². The van der Waals surface area contributed by atoms with Crippen LogP contribution >= 0.6 is 11.3 Å². The fourth-order valence-electron chi connectivity index (χ4n) is 5.98. The first-order chi connectivity index (χ1) is 24.0. The molecule has 1 aliphatic heterocycles. The van der Waals surface area contributed by atoms with E-state index < -0.39 is 41.8 Å². The van der Waals surface area contributed by atoms with E-state index in [2.05, 4.69) is 30.9 Å². The van der Waals surface area contributed by atoms with Crippen molar-refractivity contribution < 1.29 is 28.3 Å². The second-order valence-corrected chi connectivity index (χ2v) is 13.6. The Balaban J connectivity index is 1.41. The summed E-state index contributed by atoms with van der Waals surface area (Å²) in [6.45, 7) is 6.84. The monoisotopic (exact) mass is 697 g/mol. The van der Waals surface area contributed by atoms with Crippen molar-refractivity contribution >= 4 is 45.9 Å². The topological polar surface area (TPSA) is 172 Å². The minimum Gasteiger partial charge on any atom is -0.496 e.